The molecule has 0 radical (unpaired) electrons. The number of halogens is 3. The third-order valence-electron chi connectivity index (χ3n) is 4.28. The normalized spacial score (nSPS) is 17.0. The van der Waals surface area contributed by atoms with Gasteiger partial charge in [-0.2, -0.15) is 13.2 Å². The molecule has 1 heterocycles. The Morgan fingerprint density at radius 2 is 1.75 bits per heavy atom. The van der Waals surface area contributed by atoms with Gasteiger partial charge in [-0.25, -0.2) is 4.79 Å². The number of nitrogens with one attached hydrogen (secondary N) is 2. The predicted molar refractivity (Wildman–Crippen MR) is 102 cm³/mol. The van der Waals surface area contributed by atoms with Crippen LogP contribution in [0, 0.1) is 0 Å². The van der Waals surface area contributed by atoms with Crippen molar-refractivity contribution in [2.75, 3.05) is 0 Å². The minimum atomic E-state index is -4.57. The van der Waals surface area contributed by atoms with E-state index in [9.17, 15) is 18.0 Å². The number of esters is 1. The number of benzene rings is 2. The van der Waals surface area contributed by atoms with E-state index in [1.165, 1.54) is 18.2 Å². The Kier molecular flexibility index (Phi) is 5.69. The van der Waals surface area contributed by atoms with Gasteiger partial charge in [-0.3, -0.25) is 0 Å². The molecule has 0 spiro atoms. The van der Waals surface area contributed by atoms with Crippen molar-refractivity contribution in [3.05, 3.63) is 82.6 Å². The third kappa shape index (κ3) is 4.33. The number of carbonyl (C=O) groups excluding carboxylic acids is 1. The van der Waals surface area contributed by atoms with Crippen molar-refractivity contribution >= 4 is 23.3 Å². The van der Waals surface area contributed by atoms with Crippen molar-refractivity contribution in [2.24, 2.45) is 0 Å². The van der Waals surface area contributed by atoms with Crippen LogP contribution in [0.1, 0.15) is 29.7 Å². The van der Waals surface area contributed by atoms with Crippen LogP contribution in [0.25, 0.3) is 0 Å². The number of carbonyl (C=O) groups is 1. The van der Waals surface area contributed by atoms with E-state index in [0.717, 1.165) is 11.6 Å². The summed E-state index contributed by atoms with van der Waals surface area (Å²) in [7, 11) is 0. The summed E-state index contributed by atoms with van der Waals surface area (Å²) in [6, 6.07) is 13.0. The molecule has 2 aromatic rings. The molecule has 146 valence electrons. The maximum atomic E-state index is 13.5. The van der Waals surface area contributed by atoms with Crippen LogP contribution in [0.2, 0.25) is 0 Å². The lowest BCUT2D eigenvalue weighted by molar-refractivity contribution is -0.142. The summed E-state index contributed by atoms with van der Waals surface area (Å²) in [6.45, 7) is 1.59. The molecule has 0 bridgehead atoms. The smallest absolute Gasteiger partial charge is 0.416 e. The van der Waals surface area contributed by atoms with Crippen LogP contribution in [-0.4, -0.2) is 11.1 Å². The van der Waals surface area contributed by atoms with E-state index in [1.807, 2.05) is 6.07 Å². The Hall–Kier alpha value is -2.87. The number of alkyl halides is 3. The summed E-state index contributed by atoms with van der Waals surface area (Å²) in [5.74, 6) is -0.717. The average Bonchev–Trinajstić information content (AvgIpc) is 2.65. The molecule has 1 aliphatic rings. The molecule has 2 N–H and O–H groups in total. The molecule has 0 aliphatic carbocycles. The molecular formula is C20H17F3N2O2S. The Balaban J connectivity index is 1.95. The zero-order valence-electron chi connectivity index (χ0n) is 14.8. The number of rotatable bonds is 4. The summed E-state index contributed by atoms with van der Waals surface area (Å²) in [5.41, 5.74) is 0.252. The molecule has 28 heavy (non-hydrogen) atoms. The van der Waals surface area contributed by atoms with Gasteiger partial charge >= 0.3 is 12.1 Å². The monoisotopic (exact) mass is 406 g/mol. The fourth-order valence-corrected chi connectivity index (χ4v) is 3.28. The van der Waals surface area contributed by atoms with E-state index in [-0.39, 0.29) is 22.9 Å². The summed E-state index contributed by atoms with van der Waals surface area (Å²) in [4.78, 5) is 12.7. The molecule has 2 aromatic carbocycles. The highest BCUT2D eigenvalue weighted by Gasteiger charge is 2.39. The molecule has 3 rings (SSSR count). The maximum Gasteiger partial charge on any atom is 0.416 e. The predicted octanol–water partition coefficient (Wildman–Crippen LogP) is 4.24. The summed E-state index contributed by atoms with van der Waals surface area (Å²) in [6.07, 6.45) is -4.57. The topological polar surface area (TPSA) is 50.4 Å². The van der Waals surface area contributed by atoms with Crippen molar-refractivity contribution in [1.29, 1.82) is 0 Å². The van der Waals surface area contributed by atoms with Gasteiger partial charge in [-0.1, -0.05) is 48.5 Å². The summed E-state index contributed by atoms with van der Waals surface area (Å²) in [5, 5.41) is 5.69. The second kappa shape index (κ2) is 8.02. The fourth-order valence-electron chi connectivity index (χ4n) is 3.01. The van der Waals surface area contributed by atoms with Crippen molar-refractivity contribution < 1.29 is 22.7 Å². The minimum absolute atomic E-state index is 0.00847. The minimum Gasteiger partial charge on any atom is -0.457 e. The first-order chi connectivity index (χ1) is 13.3. The van der Waals surface area contributed by atoms with Gasteiger partial charge in [-0.15, -0.1) is 0 Å². The van der Waals surface area contributed by atoms with Crippen molar-refractivity contribution in [3.8, 4) is 0 Å². The van der Waals surface area contributed by atoms with E-state index in [1.54, 1.807) is 31.2 Å². The van der Waals surface area contributed by atoms with E-state index >= 15 is 0 Å². The molecule has 0 amide bonds. The van der Waals surface area contributed by atoms with Crippen LogP contribution >= 0.6 is 12.2 Å². The van der Waals surface area contributed by atoms with E-state index in [2.05, 4.69) is 10.6 Å². The van der Waals surface area contributed by atoms with Crippen molar-refractivity contribution in [1.82, 2.24) is 10.6 Å². The highest BCUT2D eigenvalue weighted by Crippen LogP contribution is 2.38. The van der Waals surface area contributed by atoms with E-state index in [4.69, 9.17) is 17.0 Å². The molecule has 0 unspecified atom stereocenters. The molecule has 0 saturated heterocycles. The Bertz CT molecular complexity index is 927. The maximum absolute atomic E-state index is 13.5. The highest BCUT2D eigenvalue weighted by atomic mass is 32.1. The third-order valence-corrected chi connectivity index (χ3v) is 4.50. The van der Waals surface area contributed by atoms with Gasteiger partial charge in [0.2, 0.25) is 0 Å². The number of allylic oxidation sites excluding steroid dienone is 1. The molecule has 1 aliphatic heterocycles. The van der Waals surface area contributed by atoms with Crippen LogP contribution < -0.4 is 10.6 Å². The molecule has 1 atom stereocenters. The quantitative estimate of drug-likeness (QED) is 0.588. The summed E-state index contributed by atoms with van der Waals surface area (Å²) >= 11 is 5.09. The second-order valence-electron chi connectivity index (χ2n) is 6.22. The SMILES string of the molecule is CC1=C(C(=O)OCc2ccccc2)[C@H](c2ccccc2C(F)(F)F)NC(=S)N1. The molecular weight excluding hydrogens is 389 g/mol. The van der Waals surface area contributed by atoms with Crippen molar-refractivity contribution in [3.63, 3.8) is 0 Å². The first-order valence-electron chi connectivity index (χ1n) is 8.43. The molecule has 8 heteroatoms. The lowest BCUT2D eigenvalue weighted by Gasteiger charge is -2.31. The standard InChI is InChI=1S/C20H17F3N2O2S/c1-12-16(18(26)27-11-13-7-3-2-4-8-13)17(25-19(28)24-12)14-9-5-6-10-15(14)20(21,22)23/h2-10,17H,11H2,1H3,(H2,24,25,28)/t17-/m0/s1. The van der Waals surface area contributed by atoms with Crippen LogP contribution in [-0.2, 0) is 22.3 Å². The molecule has 0 aromatic heterocycles. The number of hydrogen-bond donors (Lipinski definition) is 2. The Morgan fingerprint density at radius 3 is 2.43 bits per heavy atom. The van der Waals surface area contributed by atoms with Crippen LogP contribution in [0.15, 0.2) is 65.9 Å². The number of ether oxygens (including phenoxy) is 1. The van der Waals surface area contributed by atoms with Gasteiger partial charge in [0.15, 0.2) is 5.11 Å². The Labute approximate surface area is 165 Å². The lowest BCUT2D eigenvalue weighted by Crippen LogP contribution is -2.45. The first-order valence-corrected chi connectivity index (χ1v) is 8.83. The van der Waals surface area contributed by atoms with Gasteiger partial charge in [0, 0.05) is 5.70 Å². The van der Waals surface area contributed by atoms with E-state index < -0.39 is 23.8 Å². The molecule has 0 saturated carbocycles. The van der Waals surface area contributed by atoms with Crippen LogP contribution in [0.4, 0.5) is 13.2 Å². The zero-order chi connectivity index (χ0) is 20.3. The van der Waals surface area contributed by atoms with Gasteiger partial charge in [0.25, 0.3) is 0 Å². The van der Waals surface area contributed by atoms with Gasteiger partial charge in [-0.05, 0) is 36.3 Å². The van der Waals surface area contributed by atoms with Crippen LogP contribution in [0.5, 0.6) is 0 Å². The van der Waals surface area contributed by atoms with Gasteiger partial charge in [0.1, 0.15) is 6.61 Å². The summed E-state index contributed by atoms with van der Waals surface area (Å²) < 4.78 is 45.8. The van der Waals surface area contributed by atoms with Gasteiger partial charge in [0.05, 0.1) is 17.2 Å². The first kappa shape index (κ1) is 19.9. The lowest BCUT2D eigenvalue weighted by atomic mass is 9.92. The van der Waals surface area contributed by atoms with Crippen molar-refractivity contribution in [2.45, 2.75) is 25.7 Å². The zero-order valence-corrected chi connectivity index (χ0v) is 15.7. The number of thiocarbonyl (C=S) groups is 1. The molecule has 4 nitrogen and oxygen atoms in total. The Morgan fingerprint density at radius 1 is 1.11 bits per heavy atom. The van der Waals surface area contributed by atoms with Gasteiger partial charge < -0.3 is 15.4 Å². The highest BCUT2D eigenvalue weighted by molar-refractivity contribution is 7.80. The fraction of sp³-hybridized carbons (Fsp3) is 0.200. The number of hydrogen-bond acceptors (Lipinski definition) is 3. The second-order valence-corrected chi connectivity index (χ2v) is 6.63. The van der Waals surface area contributed by atoms with Crippen LogP contribution in [0.3, 0.4) is 0 Å². The average molecular weight is 406 g/mol. The molecule has 0 fully saturated rings. The largest absolute Gasteiger partial charge is 0.457 e. The van der Waals surface area contributed by atoms with E-state index in [0.29, 0.717) is 5.70 Å².